The Hall–Kier alpha value is -1.79. The quantitative estimate of drug-likeness (QED) is 0.483. The summed E-state index contributed by atoms with van der Waals surface area (Å²) in [5, 5.41) is 19.9. The van der Waals surface area contributed by atoms with Crippen molar-refractivity contribution in [2.24, 2.45) is 0 Å². The van der Waals surface area contributed by atoms with Crippen LogP contribution in [0.2, 0.25) is 0 Å². The van der Waals surface area contributed by atoms with Gasteiger partial charge in [-0.2, -0.15) is 0 Å². The van der Waals surface area contributed by atoms with Gasteiger partial charge in [-0.1, -0.05) is 0 Å². The minimum absolute atomic E-state index is 0.180. The fourth-order valence-corrected chi connectivity index (χ4v) is 1.13. The number of hydrogen-bond donors (Lipinski definition) is 4. The molecule has 0 aliphatic heterocycles. The fourth-order valence-electron chi connectivity index (χ4n) is 1.13. The molecule has 0 radical (unpaired) electrons. The zero-order chi connectivity index (χ0) is 12.7. The van der Waals surface area contributed by atoms with E-state index in [1.165, 1.54) is 0 Å². The Morgan fingerprint density at radius 3 is 2.41 bits per heavy atom. The molecule has 1 rings (SSSR count). The second-order valence-corrected chi connectivity index (χ2v) is 3.49. The summed E-state index contributed by atoms with van der Waals surface area (Å²) in [4.78, 5) is 11.3. The molecule has 17 heavy (non-hydrogen) atoms. The Morgan fingerprint density at radius 1 is 1.29 bits per heavy atom. The van der Waals surface area contributed by atoms with Crippen molar-refractivity contribution >= 4 is 11.6 Å². The number of benzene rings is 1. The van der Waals surface area contributed by atoms with Gasteiger partial charge in [0.2, 0.25) is 0 Å². The van der Waals surface area contributed by atoms with E-state index in [-0.39, 0.29) is 19.8 Å². The minimum Gasteiger partial charge on any atom is -0.484 e. The van der Waals surface area contributed by atoms with Crippen LogP contribution in [-0.2, 0) is 4.79 Å². The Balaban J connectivity index is 2.35. The summed E-state index contributed by atoms with van der Waals surface area (Å²) < 4.78 is 5.18. The third-order valence-electron chi connectivity index (χ3n) is 2.06. The lowest BCUT2D eigenvalue weighted by atomic mass is 10.3. The predicted octanol–water partition coefficient (Wildman–Crippen LogP) is -0.883. The number of carbonyl (C=O) groups excluding carboxylic acids is 1. The van der Waals surface area contributed by atoms with Crippen LogP contribution in [0.3, 0.4) is 0 Å². The van der Waals surface area contributed by atoms with Crippen LogP contribution in [-0.4, -0.2) is 42.0 Å². The second-order valence-electron chi connectivity index (χ2n) is 3.49. The van der Waals surface area contributed by atoms with Crippen LogP contribution in [0, 0.1) is 0 Å². The van der Waals surface area contributed by atoms with E-state index in [4.69, 9.17) is 20.7 Å². The van der Waals surface area contributed by atoms with Crippen molar-refractivity contribution in [3.63, 3.8) is 0 Å². The lowest BCUT2D eigenvalue weighted by molar-refractivity contribution is -0.124. The Morgan fingerprint density at radius 2 is 1.88 bits per heavy atom. The van der Waals surface area contributed by atoms with Crippen molar-refractivity contribution in [1.82, 2.24) is 5.32 Å². The van der Waals surface area contributed by atoms with Gasteiger partial charge in [-0.3, -0.25) is 4.79 Å². The van der Waals surface area contributed by atoms with Crippen LogP contribution in [0.1, 0.15) is 0 Å². The van der Waals surface area contributed by atoms with E-state index >= 15 is 0 Å². The number of hydrogen-bond acceptors (Lipinski definition) is 5. The van der Waals surface area contributed by atoms with Gasteiger partial charge in [0.05, 0.1) is 19.3 Å². The molecule has 1 amide bonds. The van der Waals surface area contributed by atoms with Crippen molar-refractivity contribution in [1.29, 1.82) is 0 Å². The van der Waals surface area contributed by atoms with E-state index in [2.05, 4.69) is 5.32 Å². The summed E-state index contributed by atoms with van der Waals surface area (Å²) in [7, 11) is 0. The van der Waals surface area contributed by atoms with Gasteiger partial charge >= 0.3 is 0 Å². The van der Waals surface area contributed by atoms with Gasteiger partial charge in [-0.05, 0) is 24.3 Å². The number of carbonyl (C=O) groups is 1. The third-order valence-corrected chi connectivity index (χ3v) is 2.06. The first-order chi connectivity index (χ1) is 8.15. The zero-order valence-electron chi connectivity index (χ0n) is 9.30. The molecular formula is C11H16N2O4. The highest BCUT2D eigenvalue weighted by Crippen LogP contribution is 2.12. The Labute approximate surface area is 99.0 Å². The molecule has 1 aromatic rings. The van der Waals surface area contributed by atoms with Crippen LogP contribution in [0.5, 0.6) is 5.75 Å². The summed E-state index contributed by atoms with van der Waals surface area (Å²) >= 11 is 0. The lowest BCUT2D eigenvalue weighted by Crippen LogP contribution is -2.42. The average molecular weight is 240 g/mol. The first-order valence-electron chi connectivity index (χ1n) is 5.15. The van der Waals surface area contributed by atoms with E-state index in [9.17, 15) is 4.79 Å². The van der Waals surface area contributed by atoms with E-state index in [1.807, 2.05) is 0 Å². The van der Waals surface area contributed by atoms with Crippen LogP contribution < -0.4 is 15.8 Å². The van der Waals surface area contributed by atoms with E-state index in [0.717, 1.165) is 0 Å². The molecule has 6 nitrogen and oxygen atoms in total. The number of nitrogens with two attached hydrogens (primary N) is 1. The van der Waals surface area contributed by atoms with Gasteiger partial charge in [0.25, 0.3) is 5.91 Å². The summed E-state index contributed by atoms with van der Waals surface area (Å²) in [5.74, 6) is 0.119. The number of nitrogens with one attached hydrogen (secondary N) is 1. The SMILES string of the molecule is Nc1ccc(OCC(=O)NC(CO)CO)cc1. The van der Waals surface area contributed by atoms with Crippen molar-refractivity contribution in [2.75, 3.05) is 25.6 Å². The molecule has 0 saturated carbocycles. The number of nitrogen functional groups attached to an aromatic ring is 1. The van der Waals surface area contributed by atoms with E-state index < -0.39 is 11.9 Å². The van der Waals surface area contributed by atoms with Gasteiger partial charge in [-0.15, -0.1) is 0 Å². The molecule has 0 spiro atoms. The maximum Gasteiger partial charge on any atom is 0.258 e. The highest BCUT2D eigenvalue weighted by Gasteiger charge is 2.10. The number of aliphatic hydroxyl groups excluding tert-OH is 2. The van der Waals surface area contributed by atoms with Gasteiger partial charge < -0.3 is 26.0 Å². The molecule has 5 N–H and O–H groups in total. The largest absolute Gasteiger partial charge is 0.484 e. The molecular weight excluding hydrogens is 224 g/mol. The number of aliphatic hydroxyl groups is 2. The molecule has 0 aliphatic carbocycles. The average Bonchev–Trinajstić information content (AvgIpc) is 2.35. The fraction of sp³-hybridized carbons (Fsp3) is 0.364. The first kappa shape index (κ1) is 13.3. The molecule has 0 saturated heterocycles. The van der Waals surface area contributed by atoms with Crippen molar-refractivity contribution in [2.45, 2.75) is 6.04 Å². The third kappa shape index (κ3) is 4.71. The summed E-state index contributed by atoms with van der Waals surface area (Å²) in [5.41, 5.74) is 6.11. The van der Waals surface area contributed by atoms with Crippen molar-refractivity contribution in [3.8, 4) is 5.75 Å². The molecule has 6 heteroatoms. The highest BCUT2D eigenvalue weighted by atomic mass is 16.5. The number of anilines is 1. The lowest BCUT2D eigenvalue weighted by Gasteiger charge is -2.13. The normalized spacial score (nSPS) is 10.3. The smallest absolute Gasteiger partial charge is 0.258 e. The summed E-state index contributed by atoms with van der Waals surface area (Å²) in [6, 6.07) is 5.98. The minimum atomic E-state index is -0.655. The second kappa shape index (κ2) is 6.72. The van der Waals surface area contributed by atoms with E-state index in [1.54, 1.807) is 24.3 Å². The predicted molar refractivity (Wildman–Crippen MR) is 62.5 cm³/mol. The Kier molecular flexibility index (Phi) is 5.25. The van der Waals surface area contributed by atoms with Gasteiger partial charge in [0.1, 0.15) is 5.75 Å². The summed E-state index contributed by atoms with van der Waals surface area (Å²) in [6.07, 6.45) is 0. The summed E-state index contributed by atoms with van der Waals surface area (Å²) in [6.45, 7) is -0.811. The maximum absolute atomic E-state index is 11.3. The molecule has 0 aromatic heterocycles. The molecule has 0 heterocycles. The number of rotatable bonds is 6. The van der Waals surface area contributed by atoms with E-state index in [0.29, 0.717) is 11.4 Å². The van der Waals surface area contributed by atoms with Crippen molar-refractivity contribution in [3.05, 3.63) is 24.3 Å². The maximum atomic E-state index is 11.3. The molecule has 0 unspecified atom stereocenters. The number of amides is 1. The number of ether oxygens (including phenoxy) is 1. The van der Waals surface area contributed by atoms with Crippen molar-refractivity contribution < 1.29 is 19.7 Å². The van der Waals surface area contributed by atoms with Crippen LogP contribution >= 0.6 is 0 Å². The highest BCUT2D eigenvalue weighted by molar-refractivity contribution is 5.77. The van der Waals surface area contributed by atoms with Crippen LogP contribution in [0.15, 0.2) is 24.3 Å². The first-order valence-corrected chi connectivity index (χ1v) is 5.15. The zero-order valence-corrected chi connectivity index (χ0v) is 9.30. The van der Waals surface area contributed by atoms with Gasteiger partial charge in [0.15, 0.2) is 6.61 Å². The molecule has 0 bridgehead atoms. The standard InChI is InChI=1S/C11H16N2O4/c12-8-1-3-10(4-2-8)17-7-11(16)13-9(5-14)6-15/h1-4,9,14-15H,5-7,12H2,(H,13,16). The molecule has 0 atom stereocenters. The van der Waals surface area contributed by atoms with Gasteiger partial charge in [-0.25, -0.2) is 0 Å². The molecule has 0 fully saturated rings. The topological polar surface area (TPSA) is 105 Å². The molecule has 1 aromatic carbocycles. The van der Waals surface area contributed by atoms with Gasteiger partial charge in [0, 0.05) is 5.69 Å². The van der Waals surface area contributed by atoms with Crippen LogP contribution in [0.4, 0.5) is 5.69 Å². The monoisotopic (exact) mass is 240 g/mol. The van der Waals surface area contributed by atoms with Crippen LogP contribution in [0.25, 0.3) is 0 Å². The molecule has 0 aliphatic rings. The molecule has 94 valence electrons. The Bertz CT molecular complexity index is 349.